The number of rotatable bonds is 3. The van der Waals surface area contributed by atoms with E-state index in [2.05, 4.69) is 15.6 Å². The van der Waals surface area contributed by atoms with Crippen LogP contribution in [0.5, 0.6) is 0 Å². The zero-order chi connectivity index (χ0) is 11.4. The van der Waals surface area contributed by atoms with Crippen molar-refractivity contribution in [3.05, 3.63) is 16.1 Å². The van der Waals surface area contributed by atoms with E-state index in [9.17, 15) is 4.79 Å². The summed E-state index contributed by atoms with van der Waals surface area (Å²) in [4.78, 5) is 16.6. The molecular weight excluding hydrogens is 222 g/mol. The van der Waals surface area contributed by atoms with Crippen molar-refractivity contribution in [2.75, 3.05) is 13.1 Å². The molecule has 88 valence electrons. The summed E-state index contributed by atoms with van der Waals surface area (Å²) in [6.45, 7) is 3.65. The van der Waals surface area contributed by atoms with Crippen LogP contribution in [0.15, 0.2) is 5.51 Å². The Kier molecular flexibility index (Phi) is 3.90. The predicted octanol–water partition coefficient (Wildman–Crippen LogP) is 1.32. The number of nitrogens with one attached hydrogen (secondary N) is 2. The molecule has 2 rings (SSSR count). The van der Waals surface area contributed by atoms with Crippen LogP contribution in [0.2, 0.25) is 0 Å². The lowest BCUT2D eigenvalue weighted by molar-refractivity contribution is 0.0951. The van der Waals surface area contributed by atoms with Gasteiger partial charge in [0.2, 0.25) is 0 Å². The predicted molar refractivity (Wildman–Crippen MR) is 64.8 cm³/mol. The van der Waals surface area contributed by atoms with Crippen molar-refractivity contribution in [3.63, 3.8) is 0 Å². The largest absolute Gasteiger partial charge is 0.350 e. The van der Waals surface area contributed by atoms with Crippen molar-refractivity contribution in [1.29, 1.82) is 0 Å². The van der Waals surface area contributed by atoms with Gasteiger partial charge in [-0.2, -0.15) is 0 Å². The van der Waals surface area contributed by atoms with E-state index >= 15 is 0 Å². The molecule has 1 fully saturated rings. The molecule has 2 heterocycles. The maximum Gasteiger partial charge on any atom is 0.263 e. The standard InChI is InChI=1S/C11H17N3OS/c1-8-10(16-7-14-8)11(15)13-6-9-4-2-3-5-12-9/h7,9,12H,2-6H2,1H3,(H,13,15). The summed E-state index contributed by atoms with van der Waals surface area (Å²) < 4.78 is 0. The first-order valence-electron chi connectivity index (χ1n) is 5.69. The fourth-order valence-corrected chi connectivity index (χ4v) is 2.63. The van der Waals surface area contributed by atoms with E-state index in [1.165, 1.54) is 24.2 Å². The average Bonchev–Trinajstić information content (AvgIpc) is 2.74. The first-order chi connectivity index (χ1) is 7.77. The Bertz CT molecular complexity index is 358. The van der Waals surface area contributed by atoms with Crippen molar-refractivity contribution in [2.24, 2.45) is 0 Å². The SMILES string of the molecule is Cc1ncsc1C(=O)NCC1CCCCN1. The van der Waals surface area contributed by atoms with Gasteiger partial charge in [0.1, 0.15) is 4.88 Å². The van der Waals surface area contributed by atoms with Crippen LogP contribution in [0.25, 0.3) is 0 Å². The second-order valence-electron chi connectivity index (χ2n) is 4.12. The van der Waals surface area contributed by atoms with E-state index in [4.69, 9.17) is 0 Å². The molecule has 2 N–H and O–H groups in total. The van der Waals surface area contributed by atoms with Crippen molar-refractivity contribution < 1.29 is 4.79 Å². The molecule has 0 aliphatic carbocycles. The number of piperidine rings is 1. The molecule has 0 saturated carbocycles. The Morgan fingerprint density at radius 1 is 1.69 bits per heavy atom. The highest BCUT2D eigenvalue weighted by Gasteiger charge is 2.15. The molecule has 1 amide bonds. The molecule has 1 aliphatic heterocycles. The van der Waals surface area contributed by atoms with Crippen LogP contribution in [-0.2, 0) is 0 Å². The second kappa shape index (κ2) is 5.41. The number of thiazole rings is 1. The Hall–Kier alpha value is -0.940. The van der Waals surface area contributed by atoms with Crippen molar-refractivity contribution in [1.82, 2.24) is 15.6 Å². The van der Waals surface area contributed by atoms with Gasteiger partial charge in [-0.3, -0.25) is 4.79 Å². The Morgan fingerprint density at radius 3 is 3.19 bits per heavy atom. The molecule has 0 bridgehead atoms. The quantitative estimate of drug-likeness (QED) is 0.836. The molecule has 1 atom stereocenters. The molecule has 1 unspecified atom stereocenters. The molecule has 4 nitrogen and oxygen atoms in total. The number of aromatic nitrogens is 1. The number of hydrogen-bond donors (Lipinski definition) is 2. The molecule has 1 aromatic heterocycles. The third kappa shape index (κ3) is 2.80. The van der Waals surface area contributed by atoms with E-state index < -0.39 is 0 Å². The summed E-state index contributed by atoms with van der Waals surface area (Å²) >= 11 is 1.40. The summed E-state index contributed by atoms with van der Waals surface area (Å²) in [7, 11) is 0. The summed E-state index contributed by atoms with van der Waals surface area (Å²) in [5.74, 6) is 0.00683. The molecular formula is C11H17N3OS. The molecule has 5 heteroatoms. The lowest BCUT2D eigenvalue weighted by atomic mass is 10.1. The Morgan fingerprint density at radius 2 is 2.56 bits per heavy atom. The van der Waals surface area contributed by atoms with Crippen LogP contribution in [0, 0.1) is 6.92 Å². The molecule has 0 aromatic carbocycles. The van der Waals surface area contributed by atoms with Gasteiger partial charge < -0.3 is 10.6 Å². The summed E-state index contributed by atoms with van der Waals surface area (Å²) in [5, 5.41) is 6.37. The molecule has 0 radical (unpaired) electrons. The van der Waals surface area contributed by atoms with Crippen LogP contribution < -0.4 is 10.6 Å². The van der Waals surface area contributed by atoms with Gasteiger partial charge in [0.05, 0.1) is 11.2 Å². The van der Waals surface area contributed by atoms with E-state index in [-0.39, 0.29) is 5.91 Å². The maximum atomic E-state index is 11.8. The fraction of sp³-hybridized carbons (Fsp3) is 0.636. The van der Waals surface area contributed by atoms with Gasteiger partial charge in [-0.05, 0) is 26.3 Å². The zero-order valence-corrected chi connectivity index (χ0v) is 10.3. The van der Waals surface area contributed by atoms with E-state index in [1.54, 1.807) is 5.51 Å². The van der Waals surface area contributed by atoms with Gasteiger partial charge in [-0.15, -0.1) is 11.3 Å². The highest BCUT2D eigenvalue weighted by Crippen LogP contribution is 2.12. The van der Waals surface area contributed by atoms with E-state index in [0.29, 0.717) is 6.04 Å². The van der Waals surface area contributed by atoms with Gasteiger partial charge in [0.25, 0.3) is 5.91 Å². The Balaban J connectivity index is 1.81. The minimum absolute atomic E-state index is 0.00683. The minimum atomic E-state index is 0.00683. The number of amides is 1. The van der Waals surface area contributed by atoms with Gasteiger partial charge in [-0.25, -0.2) is 4.98 Å². The lowest BCUT2D eigenvalue weighted by Crippen LogP contribution is -2.43. The number of carbonyl (C=O) groups is 1. The van der Waals surface area contributed by atoms with E-state index in [0.717, 1.165) is 30.1 Å². The molecule has 0 spiro atoms. The molecule has 16 heavy (non-hydrogen) atoms. The number of aryl methyl sites for hydroxylation is 1. The summed E-state index contributed by atoms with van der Waals surface area (Å²) in [6, 6.07) is 0.436. The van der Waals surface area contributed by atoms with Gasteiger partial charge in [-0.1, -0.05) is 6.42 Å². The minimum Gasteiger partial charge on any atom is -0.350 e. The zero-order valence-electron chi connectivity index (χ0n) is 9.45. The highest BCUT2D eigenvalue weighted by atomic mass is 32.1. The fourth-order valence-electron chi connectivity index (χ4n) is 1.91. The number of carbonyl (C=O) groups excluding carboxylic acids is 1. The van der Waals surface area contributed by atoms with Gasteiger partial charge >= 0.3 is 0 Å². The van der Waals surface area contributed by atoms with Crippen LogP contribution in [-0.4, -0.2) is 30.0 Å². The van der Waals surface area contributed by atoms with Crippen molar-refractivity contribution >= 4 is 17.2 Å². The third-order valence-corrected chi connectivity index (χ3v) is 3.80. The van der Waals surface area contributed by atoms with Crippen LogP contribution in [0.3, 0.4) is 0 Å². The maximum absolute atomic E-state index is 11.8. The third-order valence-electron chi connectivity index (χ3n) is 2.87. The smallest absolute Gasteiger partial charge is 0.263 e. The number of nitrogens with zero attached hydrogens (tertiary/aromatic N) is 1. The summed E-state index contributed by atoms with van der Waals surface area (Å²) in [6.07, 6.45) is 3.66. The first kappa shape index (κ1) is 11.5. The normalized spacial score (nSPS) is 20.7. The van der Waals surface area contributed by atoms with Gasteiger partial charge in [0.15, 0.2) is 0 Å². The van der Waals surface area contributed by atoms with Crippen LogP contribution in [0.4, 0.5) is 0 Å². The monoisotopic (exact) mass is 239 g/mol. The van der Waals surface area contributed by atoms with Crippen molar-refractivity contribution in [2.45, 2.75) is 32.2 Å². The van der Waals surface area contributed by atoms with E-state index in [1.807, 2.05) is 6.92 Å². The average molecular weight is 239 g/mol. The summed E-state index contributed by atoms with van der Waals surface area (Å²) in [5.41, 5.74) is 2.53. The highest BCUT2D eigenvalue weighted by molar-refractivity contribution is 7.11. The second-order valence-corrected chi connectivity index (χ2v) is 4.98. The number of hydrogen-bond acceptors (Lipinski definition) is 4. The Labute approximate surface area is 99.5 Å². The van der Waals surface area contributed by atoms with Crippen molar-refractivity contribution in [3.8, 4) is 0 Å². The van der Waals surface area contributed by atoms with Crippen LogP contribution in [0.1, 0.15) is 34.6 Å². The lowest BCUT2D eigenvalue weighted by Gasteiger charge is -2.23. The topological polar surface area (TPSA) is 54.0 Å². The first-order valence-corrected chi connectivity index (χ1v) is 6.57. The molecule has 1 aliphatic rings. The molecule has 1 aromatic rings. The molecule has 1 saturated heterocycles. The van der Waals surface area contributed by atoms with Gasteiger partial charge in [0, 0.05) is 12.6 Å². The van der Waals surface area contributed by atoms with Crippen LogP contribution >= 0.6 is 11.3 Å².